The van der Waals surface area contributed by atoms with Gasteiger partial charge in [-0.3, -0.25) is 0 Å². The van der Waals surface area contributed by atoms with Crippen molar-refractivity contribution in [1.82, 2.24) is 8.80 Å². The molecule has 2 aromatic heterocycles. The zero-order chi connectivity index (χ0) is 24.5. The highest BCUT2D eigenvalue weighted by Gasteiger charge is 2.46. The number of nitrogens with zero attached hydrogens (tertiary/aromatic N) is 2. The Morgan fingerprint density at radius 2 is 1.44 bits per heavy atom. The van der Waals surface area contributed by atoms with Crippen LogP contribution >= 0.6 is 0 Å². The molecule has 182 valence electrons. The molecule has 0 amide bonds. The molecular weight excluding hydrogens is 432 g/mol. The Bertz CT molecular complexity index is 1190. The highest BCUT2D eigenvalue weighted by molar-refractivity contribution is 6.82. The largest absolute Gasteiger partial charge is 0.494 e. The van der Waals surface area contributed by atoms with Crippen molar-refractivity contribution in [2.24, 2.45) is 0 Å². The van der Waals surface area contributed by atoms with E-state index in [1.807, 2.05) is 0 Å². The predicted octanol–water partition coefficient (Wildman–Crippen LogP) is 8.65. The lowest BCUT2D eigenvalue weighted by molar-refractivity contribution is 0.318. The first-order valence-electron chi connectivity index (χ1n) is 13.1. The maximum absolute atomic E-state index is 6.06. The molecule has 0 bridgehead atoms. The molecule has 0 saturated carbocycles. The monoisotopic (exact) mass is 474 g/mol. The van der Waals surface area contributed by atoms with Crippen LogP contribution in [0.15, 0.2) is 61.1 Å². The molecule has 0 unspecified atom stereocenters. The summed E-state index contributed by atoms with van der Waals surface area (Å²) in [6, 6.07) is 15.4. The molecule has 0 N–H and O–H groups in total. The van der Waals surface area contributed by atoms with Crippen molar-refractivity contribution in [2.45, 2.75) is 84.5 Å². The molecule has 4 aromatic rings. The zero-order valence-corrected chi connectivity index (χ0v) is 23.1. The second-order valence-corrected chi connectivity index (χ2v) is 16.5. The molecule has 0 radical (unpaired) electrons. The number of benzene rings is 2. The molecule has 2 heterocycles. The SMILES string of the molecule is CCCOc1ccc2c(c1)c(CCn1cc3ccccc3c1)cn2[Si](C(C)C)(C(C)C)C(C)C. The minimum Gasteiger partial charge on any atom is -0.494 e. The minimum atomic E-state index is -1.86. The van der Waals surface area contributed by atoms with Gasteiger partial charge in [-0.15, -0.1) is 0 Å². The van der Waals surface area contributed by atoms with Gasteiger partial charge < -0.3 is 13.5 Å². The molecule has 0 fully saturated rings. The van der Waals surface area contributed by atoms with Gasteiger partial charge in [-0.1, -0.05) is 72.7 Å². The first-order valence-corrected chi connectivity index (χ1v) is 15.3. The number of rotatable bonds is 10. The van der Waals surface area contributed by atoms with Gasteiger partial charge in [-0.2, -0.15) is 0 Å². The first-order chi connectivity index (χ1) is 16.3. The van der Waals surface area contributed by atoms with Crippen LogP contribution in [-0.4, -0.2) is 23.6 Å². The summed E-state index contributed by atoms with van der Waals surface area (Å²) in [5, 5.41) is 3.99. The molecule has 4 heteroatoms. The number of ether oxygens (including phenoxy) is 1. The van der Waals surface area contributed by atoms with Gasteiger partial charge in [-0.25, -0.2) is 0 Å². The van der Waals surface area contributed by atoms with E-state index in [1.165, 1.54) is 27.2 Å². The summed E-state index contributed by atoms with van der Waals surface area (Å²) in [5.41, 5.74) is 4.79. The second kappa shape index (κ2) is 10.0. The van der Waals surface area contributed by atoms with Gasteiger partial charge in [0.15, 0.2) is 8.24 Å². The maximum atomic E-state index is 6.06. The maximum Gasteiger partial charge on any atom is 0.169 e. The van der Waals surface area contributed by atoms with Gasteiger partial charge in [0.05, 0.1) is 6.61 Å². The van der Waals surface area contributed by atoms with E-state index in [0.29, 0.717) is 16.6 Å². The fraction of sp³-hybridized carbons (Fsp3) is 0.467. The number of aryl methyl sites for hydroxylation is 2. The lowest BCUT2D eigenvalue weighted by Gasteiger charge is -2.44. The third kappa shape index (κ3) is 4.33. The van der Waals surface area contributed by atoms with Crippen LogP contribution in [0.5, 0.6) is 5.75 Å². The van der Waals surface area contributed by atoms with Crippen LogP contribution in [0.25, 0.3) is 21.7 Å². The molecule has 4 rings (SSSR count). The third-order valence-corrected chi connectivity index (χ3v) is 14.5. The summed E-state index contributed by atoms with van der Waals surface area (Å²) in [6.45, 7) is 18.6. The molecule has 3 nitrogen and oxygen atoms in total. The topological polar surface area (TPSA) is 19.1 Å². The van der Waals surface area contributed by atoms with Crippen molar-refractivity contribution in [2.75, 3.05) is 6.61 Å². The van der Waals surface area contributed by atoms with E-state index in [4.69, 9.17) is 4.74 Å². The molecule has 0 saturated heterocycles. The molecule has 0 aliphatic carbocycles. The lowest BCUT2D eigenvalue weighted by atomic mass is 10.1. The van der Waals surface area contributed by atoms with Crippen molar-refractivity contribution >= 4 is 29.9 Å². The zero-order valence-electron chi connectivity index (χ0n) is 22.1. The van der Waals surface area contributed by atoms with E-state index in [9.17, 15) is 0 Å². The summed E-state index contributed by atoms with van der Waals surface area (Å²) >= 11 is 0. The van der Waals surface area contributed by atoms with E-state index >= 15 is 0 Å². The molecule has 0 spiro atoms. The Kier molecular flexibility index (Phi) is 7.27. The fourth-order valence-electron chi connectivity index (χ4n) is 6.46. The van der Waals surface area contributed by atoms with Crippen LogP contribution in [0.2, 0.25) is 16.6 Å². The third-order valence-electron chi connectivity index (χ3n) is 7.77. The second-order valence-electron chi connectivity index (χ2n) is 10.8. The standard InChI is InChI=1S/C30H42N2OSi/c1-8-17-33-28-13-14-30-29(18-28)27(15-16-31-19-25-11-9-10-12-26(25)20-31)21-32(30)34(22(2)3,23(4)5)24(6)7/h9-14,18-24H,8,15-17H2,1-7H3. The Balaban J connectivity index is 1.80. The smallest absolute Gasteiger partial charge is 0.169 e. The summed E-state index contributed by atoms with van der Waals surface area (Å²) in [6.07, 6.45) is 9.11. The van der Waals surface area contributed by atoms with Crippen molar-refractivity contribution in [3.63, 3.8) is 0 Å². The normalized spacial score (nSPS) is 12.6. The quantitative estimate of drug-likeness (QED) is 0.210. The first kappa shape index (κ1) is 24.7. The van der Waals surface area contributed by atoms with E-state index in [-0.39, 0.29) is 0 Å². The molecule has 2 aromatic carbocycles. The summed E-state index contributed by atoms with van der Waals surface area (Å²) in [4.78, 5) is 0. The van der Waals surface area contributed by atoms with Gasteiger partial charge in [0.25, 0.3) is 0 Å². The lowest BCUT2D eigenvalue weighted by Crippen LogP contribution is -2.51. The van der Waals surface area contributed by atoms with Gasteiger partial charge in [-0.05, 0) is 70.2 Å². The number of hydrogen-bond acceptors (Lipinski definition) is 1. The summed E-state index contributed by atoms with van der Waals surface area (Å²) in [7, 11) is -1.86. The number of hydrogen-bond donors (Lipinski definition) is 0. The van der Waals surface area contributed by atoms with Crippen LogP contribution in [0.4, 0.5) is 0 Å². The van der Waals surface area contributed by atoms with Crippen LogP contribution in [0, 0.1) is 0 Å². The highest BCUT2D eigenvalue weighted by Crippen LogP contribution is 2.45. The molecule has 0 aliphatic heterocycles. The summed E-state index contributed by atoms with van der Waals surface area (Å²) in [5.74, 6) is 0.992. The molecule has 34 heavy (non-hydrogen) atoms. The Morgan fingerprint density at radius 1 is 0.824 bits per heavy atom. The van der Waals surface area contributed by atoms with Crippen LogP contribution < -0.4 is 4.74 Å². The van der Waals surface area contributed by atoms with Crippen LogP contribution in [0.1, 0.15) is 60.5 Å². The van der Waals surface area contributed by atoms with Crippen molar-refractivity contribution in [3.05, 3.63) is 66.6 Å². The number of aromatic nitrogens is 2. The number of fused-ring (bicyclic) bond motifs is 2. The van der Waals surface area contributed by atoms with Gasteiger partial charge in [0.2, 0.25) is 0 Å². The van der Waals surface area contributed by atoms with E-state index in [2.05, 4.69) is 118 Å². The fourth-order valence-corrected chi connectivity index (χ4v) is 13.1. The van der Waals surface area contributed by atoms with E-state index in [0.717, 1.165) is 31.7 Å². The van der Waals surface area contributed by atoms with Crippen molar-refractivity contribution in [3.8, 4) is 5.75 Å². The van der Waals surface area contributed by atoms with Crippen molar-refractivity contribution in [1.29, 1.82) is 0 Å². The molecular formula is C30H42N2OSi. The van der Waals surface area contributed by atoms with Crippen LogP contribution in [-0.2, 0) is 13.0 Å². The molecule has 0 aliphatic rings. The minimum absolute atomic E-state index is 0.654. The average Bonchev–Trinajstić information content (AvgIpc) is 3.37. The van der Waals surface area contributed by atoms with E-state index < -0.39 is 8.24 Å². The molecule has 0 atom stereocenters. The summed E-state index contributed by atoms with van der Waals surface area (Å²) < 4.78 is 11.2. The van der Waals surface area contributed by atoms with Gasteiger partial charge >= 0.3 is 0 Å². The Hall–Kier alpha value is -2.46. The van der Waals surface area contributed by atoms with E-state index in [1.54, 1.807) is 0 Å². The Morgan fingerprint density at radius 3 is 2.00 bits per heavy atom. The van der Waals surface area contributed by atoms with Crippen LogP contribution in [0.3, 0.4) is 0 Å². The highest BCUT2D eigenvalue weighted by atomic mass is 28.3. The van der Waals surface area contributed by atoms with Gasteiger partial charge in [0, 0.05) is 29.8 Å². The van der Waals surface area contributed by atoms with Gasteiger partial charge in [0.1, 0.15) is 5.75 Å². The predicted molar refractivity (Wildman–Crippen MR) is 150 cm³/mol. The van der Waals surface area contributed by atoms with Crippen molar-refractivity contribution < 1.29 is 4.74 Å². The average molecular weight is 475 g/mol. The Labute approximate surface area is 206 Å².